The highest BCUT2D eigenvalue weighted by molar-refractivity contribution is 5.90. The summed E-state index contributed by atoms with van der Waals surface area (Å²) in [5.41, 5.74) is 2.22. The fraction of sp³-hybridized carbons (Fsp3) is 0.533. The molecule has 0 saturated heterocycles. The number of hydrogen-bond donors (Lipinski definition) is 1. The van der Waals surface area contributed by atoms with Crippen LogP contribution < -0.4 is 5.32 Å². The van der Waals surface area contributed by atoms with Crippen LogP contribution in [0.4, 0.5) is 5.69 Å². The zero-order valence-corrected chi connectivity index (χ0v) is 11.0. The van der Waals surface area contributed by atoms with Gasteiger partial charge in [0, 0.05) is 12.1 Å². The number of rotatable bonds is 7. The van der Waals surface area contributed by atoms with Gasteiger partial charge in [-0.3, -0.25) is 4.79 Å². The molecule has 0 radical (unpaired) electrons. The Morgan fingerprint density at radius 1 is 1.18 bits per heavy atom. The minimum atomic E-state index is 0.132. The molecule has 0 aliphatic heterocycles. The number of anilines is 1. The molecule has 1 N–H and O–H groups in total. The van der Waals surface area contributed by atoms with Crippen molar-refractivity contribution in [1.82, 2.24) is 0 Å². The lowest BCUT2D eigenvalue weighted by Gasteiger charge is -2.06. The molecule has 2 heteroatoms. The number of benzene rings is 1. The lowest BCUT2D eigenvalue weighted by molar-refractivity contribution is -0.116. The monoisotopic (exact) mass is 233 g/mol. The topological polar surface area (TPSA) is 29.1 Å². The van der Waals surface area contributed by atoms with Gasteiger partial charge in [-0.05, 0) is 30.5 Å². The van der Waals surface area contributed by atoms with E-state index in [1.54, 1.807) is 0 Å². The van der Waals surface area contributed by atoms with Crippen molar-refractivity contribution in [2.45, 2.75) is 52.4 Å². The molecule has 17 heavy (non-hydrogen) atoms. The standard InChI is InChI=1S/C15H23NO/c1-3-5-6-11-15(17)16-14-10-7-9-13(12-14)8-4-2/h7,9-10,12H,3-6,8,11H2,1-2H3,(H,16,17). The Bertz CT molecular complexity index is 347. The Morgan fingerprint density at radius 3 is 2.71 bits per heavy atom. The first-order valence-corrected chi connectivity index (χ1v) is 6.65. The van der Waals surface area contributed by atoms with Crippen LogP contribution in [0.3, 0.4) is 0 Å². The van der Waals surface area contributed by atoms with Gasteiger partial charge < -0.3 is 5.32 Å². The molecule has 0 bridgehead atoms. The van der Waals surface area contributed by atoms with Crippen LogP contribution in [0.15, 0.2) is 24.3 Å². The summed E-state index contributed by atoms with van der Waals surface area (Å²) in [5.74, 6) is 0.132. The molecule has 2 nitrogen and oxygen atoms in total. The molecule has 0 heterocycles. The first-order valence-electron chi connectivity index (χ1n) is 6.65. The van der Waals surface area contributed by atoms with Gasteiger partial charge in [-0.15, -0.1) is 0 Å². The molecule has 0 saturated carbocycles. The van der Waals surface area contributed by atoms with Gasteiger partial charge in [0.15, 0.2) is 0 Å². The number of aryl methyl sites for hydroxylation is 1. The molecule has 1 rings (SSSR count). The molecule has 0 fully saturated rings. The van der Waals surface area contributed by atoms with E-state index in [4.69, 9.17) is 0 Å². The van der Waals surface area contributed by atoms with E-state index >= 15 is 0 Å². The van der Waals surface area contributed by atoms with E-state index in [0.29, 0.717) is 6.42 Å². The molecule has 0 aromatic heterocycles. The van der Waals surface area contributed by atoms with Crippen LogP contribution >= 0.6 is 0 Å². The number of nitrogens with one attached hydrogen (secondary N) is 1. The molecular formula is C15H23NO. The molecular weight excluding hydrogens is 210 g/mol. The zero-order chi connectivity index (χ0) is 12.5. The van der Waals surface area contributed by atoms with E-state index in [0.717, 1.165) is 37.8 Å². The molecule has 0 aliphatic rings. The van der Waals surface area contributed by atoms with Crippen molar-refractivity contribution < 1.29 is 4.79 Å². The Morgan fingerprint density at radius 2 is 2.00 bits per heavy atom. The van der Waals surface area contributed by atoms with Crippen LogP contribution in [-0.4, -0.2) is 5.91 Å². The van der Waals surface area contributed by atoms with Crippen LogP contribution in [0.5, 0.6) is 0 Å². The highest BCUT2D eigenvalue weighted by Crippen LogP contribution is 2.13. The third-order valence-corrected chi connectivity index (χ3v) is 2.76. The summed E-state index contributed by atoms with van der Waals surface area (Å²) in [7, 11) is 0. The minimum Gasteiger partial charge on any atom is -0.326 e. The predicted octanol–water partition coefficient (Wildman–Crippen LogP) is 4.16. The van der Waals surface area contributed by atoms with Crippen LogP contribution in [0.25, 0.3) is 0 Å². The summed E-state index contributed by atoms with van der Waals surface area (Å²) in [5, 5.41) is 2.96. The van der Waals surface area contributed by atoms with Crippen LogP contribution in [0, 0.1) is 0 Å². The first-order chi connectivity index (χ1) is 8.26. The average Bonchev–Trinajstić information content (AvgIpc) is 2.30. The second-order valence-electron chi connectivity index (χ2n) is 4.46. The number of amides is 1. The summed E-state index contributed by atoms with van der Waals surface area (Å²) in [6.45, 7) is 4.31. The van der Waals surface area contributed by atoms with E-state index in [9.17, 15) is 4.79 Å². The number of hydrogen-bond acceptors (Lipinski definition) is 1. The Kier molecular flexibility index (Phi) is 6.38. The van der Waals surface area contributed by atoms with Gasteiger partial charge in [-0.1, -0.05) is 45.2 Å². The number of carbonyl (C=O) groups excluding carboxylic acids is 1. The molecule has 0 spiro atoms. The molecule has 1 amide bonds. The van der Waals surface area contributed by atoms with Crippen LogP contribution in [0.2, 0.25) is 0 Å². The van der Waals surface area contributed by atoms with Crippen molar-refractivity contribution in [1.29, 1.82) is 0 Å². The second kappa shape index (κ2) is 7.88. The van der Waals surface area contributed by atoms with Gasteiger partial charge in [-0.2, -0.15) is 0 Å². The highest BCUT2D eigenvalue weighted by Gasteiger charge is 2.02. The maximum atomic E-state index is 11.6. The molecule has 0 aliphatic carbocycles. The SMILES string of the molecule is CCCCCC(=O)Nc1cccc(CCC)c1. The van der Waals surface area contributed by atoms with E-state index in [2.05, 4.69) is 31.3 Å². The van der Waals surface area contributed by atoms with Gasteiger partial charge in [0.25, 0.3) is 0 Å². The van der Waals surface area contributed by atoms with E-state index < -0.39 is 0 Å². The van der Waals surface area contributed by atoms with E-state index in [1.807, 2.05) is 12.1 Å². The van der Waals surface area contributed by atoms with Gasteiger partial charge in [0.05, 0.1) is 0 Å². The van der Waals surface area contributed by atoms with E-state index in [-0.39, 0.29) is 5.91 Å². The minimum absolute atomic E-state index is 0.132. The first kappa shape index (κ1) is 13.8. The Balaban J connectivity index is 2.44. The molecule has 0 atom stereocenters. The van der Waals surface area contributed by atoms with Gasteiger partial charge >= 0.3 is 0 Å². The Labute approximate surface area is 104 Å². The Hall–Kier alpha value is -1.31. The average molecular weight is 233 g/mol. The fourth-order valence-electron chi connectivity index (χ4n) is 1.85. The summed E-state index contributed by atoms with van der Waals surface area (Å²) in [6.07, 6.45) is 6.10. The maximum absolute atomic E-state index is 11.6. The smallest absolute Gasteiger partial charge is 0.224 e. The van der Waals surface area contributed by atoms with Crippen molar-refractivity contribution in [3.8, 4) is 0 Å². The predicted molar refractivity (Wildman–Crippen MR) is 73.2 cm³/mol. The van der Waals surface area contributed by atoms with E-state index in [1.165, 1.54) is 5.56 Å². The fourth-order valence-corrected chi connectivity index (χ4v) is 1.85. The lowest BCUT2D eigenvalue weighted by Crippen LogP contribution is -2.11. The third kappa shape index (κ3) is 5.53. The summed E-state index contributed by atoms with van der Waals surface area (Å²) < 4.78 is 0. The van der Waals surface area contributed by atoms with Crippen molar-refractivity contribution in [2.75, 3.05) is 5.32 Å². The second-order valence-corrected chi connectivity index (χ2v) is 4.46. The number of unbranched alkanes of at least 4 members (excludes halogenated alkanes) is 2. The summed E-state index contributed by atoms with van der Waals surface area (Å²) >= 11 is 0. The summed E-state index contributed by atoms with van der Waals surface area (Å²) in [6, 6.07) is 8.14. The van der Waals surface area contributed by atoms with Crippen molar-refractivity contribution in [3.63, 3.8) is 0 Å². The van der Waals surface area contributed by atoms with Gasteiger partial charge in [-0.25, -0.2) is 0 Å². The molecule has 1 aromatic rings. The lowest BCUT2D eigenvalue weighted by atomic mass is 10.1. The number of carbonyl (C=O) groups is 1. The van der Waals surface area contributed by atoms with Crippen molar-refractivity contribution in [3.05, 3.63) is 29.8 Å². The van der Waals surface area contributed by atoms with Crippen LogP contribution in [-0.2, 0) is 11.2 Å². The molecule has 94 valence electrons. The van der Waals surface area contributed by atoms with Gasteiger partial charge in [0.2, 0.25) is 5.91 Å². The molecule has 1 aromatic carbocycles. The van der Waals surface area contributed by atoms with Crippen LogP contribution in [0.1, 0.15) is 51.5 Å². The van der Waals surface area contributed by atoms with Crippen molar-refractivity contribution in [2.24, 2.45) is 0 Å². The third-order valence-electron chi connectivity index (χ3n) is 2.76. The van der Waals surface area contributed by atoms with Gasteiger partial charge in [0.1, 0.15) is 0 Å². The zero-order valence-electron chi connectivity index (χ0n) is 11.0. The molecule has 0 unspecified atom stereocenters. The maximum Gasteiger partial charge on any atom is 0.224 e. The largest absolute Gasteiger partial charge is 0.326 e. The highest BCUT2D eigenvalue weighted by atomic mass is 16.1. The quantitative estimate of drug-likeness (QED) is 0.704. The van der Waals surface area contributed by atoms with Crippen molar-refractivity contribution >= 4 is 11.6 Å². The normalized spacial score (nSPS) is 10.2. The summed E-state index contributed by atoms with van der Waals surface area (Å²) in [4.78, 5) is 11.6.